The lowest BCUT2D eigenvalue weighted by atomic mass is 10.00. The molecule has 3 heterocycles. The summed E-state index contributed by atoms with van der Waals surface area (Å²) >= 11 is 0. The van der Waals surface area contributed by atoms with Crippen LogP contribution < -0.4 is 10.5 Å². The van der Waals surface area contributed by atoms with Crippen LogP contribution in [0, 0.1) is 13.8 Å². The third-order valence-electron chi connectivity index (χ3n) is 5.98. The molecule has 2 aliphatic heterocycles. The molecule has 1 aromatic heterocycles. The van der Waals surface area contributed by atoms with E-state index in [2.05, 4.69) is 10.1 Å². The van der Waals surface area contributed by atoms with Crippen molar-refractivity contribution in [3.63, 3.8) is 0 Å². The number of carbonyl (C=O) groups excluding carboxylic acids is 1. The maximum absolute atomic E-state index is 12.9. The van der Waals surface area contributed by atoms with Crippen LogP contribution in [0.2, 0.25) is 0 Å². The molecule has 0 radical (unpaired) electrons. The second-order valence-electron chi connectivity index (χ2n) is 7.67. The van der Waals surface area contributed by atoms with E-state index in [1.807, 2.05) is 26.0 Å². The SMILES string of the molecule is Cc1ccc(-c2nn3c(nc2=O)-c2ccccc2N2C(=O)CCC23C(=O)O)cc1C. The number of amides is 1. The van der Waals surface area contributed by atoms with Gasteiger partial charge in [-0.05, 0) is 43.2 Å². The summed E-state index contributed by atoms with van der Waals surface area (Å²) in [4.78, 5) is 43.7. The number of carboxylic acids is 1. The van der Waals surface area contributed by atoms with Crippen LogP contribution in [0.25, 0.3) is 22.6 Å². The first-order valence-electron chi connectivity index (χ1n) is 9.60. The first-order chi connectivity index (χ1) is 14.3. The second-order valence-corrected chi connectivity index (χ2v) is 7.67. The van der Waals surface area contributed by atoms with Gasteiger partial charge < -0.3 is 5.11 Å². The number of anilines is 1. The van der Waals surface area contributed by atoms with E-state index in [1.165, 1.54) is 9.58 Å². The van der Waals surface area contributed by atoms with Crippen molar-refractivity contribution in [1.82, 2.24) is 14.8 Å². The lowest BCUT2D eigenvalue weighted by Gasteiger charge is -2.41. The molecule has 0 spiro atoms. The summed E-state index contributed by atoms with van der Waals surface area (Å²) in [6.45, 7) is 3.89. The van der Waals surface area contributed by atoms with Crippen LogP contribution in [-0.4, -0.2) is 31.7 Å². The number of aryl methyl sites for hydroxylation is 2. The van der Waals surface area contributed by atoms with Crippen molar-refractivity contribution in [2.24, 2.45) is 0 Å². The molecule has 0 saturated carbocycles. The number of hydrogen-bond donors (Lipinski definition) is 1. The highest BCUT2D eigenvalue weighted by Gasteiger charge is 2.58. The van der Waals surface area contributed by atoms with Crippen molar-refractivity contribution in [2.45, 2.75) is 32.4 Å². The Hall–Kier alpha value is -3.81. The molecule has 1 fully saturated rings. The third kappa shape index (κ3) is 2.24. The van der Waals surface area contributed by atoms with Crippen molar-refractivity contribution in [2.75, 3.05) is 4.90 Å². The summed E-state index contributed by atoms with van der Waals surface area (Å²) in [5, 5.41) is 14.7. The highest BCUT2D eigenvalue weighted by atomic mass is 16.4. The average Bonchev–Trinajstić information content (AvgIpc) is 3.09. The van der Waals surface area contributed by atoms with Crippen LogP contribution in [0.3, 0.4) is 0 Å². The van der Waals surface area contributed by atoms with E-state index in [0.717, 1.165) is 11.1 Å². The first kappa shape index (κ1) is 18.2. The van der Waals surface area contributed by atoms with Crippen LogP contribution in [0.1, 0.15) is 24.0 Å². The highest BCUT2D eigenvalue weighted by molar-refractivity contribution is 6.07. The number of rotatable bonds is 2. The summed E-state index contributed by atoms with van der Waals surface area (Å²) in [7, 11) is 0. The van der Waals surface area contributed by atoms with Crippen LogP contribution in [-0.2, 0) is 15.3 Å². The Morgan fingerprint density at radius 1 is 1.10 bits per heavy atom. The minimum atomic E-state index is -1.75. The lowest BCUT2D eigenvalue weighted by Crippen LogP contribution is -2.58. The molecule has 150 valence electrons. The monoisotopic (exact) mass is 402 g/mol. The summed E-state index contributed by atoms with van der Waals surface area (Å²) < 4.78 is 1.24. The number of aliphatic carboxylic acids is 1. The zero-order valence-electron chi connectivity index (χ0n) is 16.4. The smallest absolute Gasteiger partial charge is 0.353 e. The number of benzene rings is 2. The summed E-state index contributed by atoms with van der Waals surface area (Å²) in [5.74, 6) is -1.37. The van der Waals surface area contributed by atoms with Gasteiger partial charge in [-0.3, -0.25) is 14.5 Å². The molecular weight excluding hydrogens is 384 g/mol. The molecule has 1 N–H and O–H groups in total. The van der Waals surface area contributed by atoms with E-state index in [4.69, 9.17) is 0 Å². The van der Waals surface area contributed by atoms with Gasteiger partial charge in [-0.2, -0.15) is 10.1 Å². The summed E-state index contributed by atoms with van der Waals surface area (Å²) in [6, 6.07) is 12.3. The average molecular weight is 402 g/mol. The molecule has 1 atom stereocenters. The van der Waals surface area contributed by atoms with Gasteiger partial charge >= 0.3 is 5.97 Å². The van der Waals surface area contributed by atoms with Crippen molar-refractivity contribution in [3.8, 4) is 22.6 Å². The zero-order valence-corrected chi connectivity index (χ0v) is 16.4. The minimum absolute atomic E-state index is 0.0341. The Bertz CT molecular complexity index is 1310. The van der Waals surface area contributed by atoms with Gasteiger partial charge in [0.15, 0.2) is 11.5 Å². The van der Waals surface area contributed by atoms with E-state index < -0.39 is 17.2 Å². The van der Waals surface area contributed by atoms with Gasteiger partial charge in [-0.25, -0.2) is 9.48 Å². The number of hydrogen-bond acceptors (Lipinski definition) is 5. The fourth-order valence-corrected chi connectivity index (χ4v) is 4.29. The highest BCUT2D eigenvalue weighted by Crippen LogP contribution is 2.47. The topological polar surface area (TPSA) is 105 Å². The fourth-order valence-electron chi connectivity index (χ4n) is 4.29. The quantitative estimate of drug-likeness (QED) is 0.706. The number of para-hydroxylation sites is 1. The number of carbonyl (C=O) groups is 2. The molecule has 0 aliphatic carbocycles. The molecule has 3 aromatic rings. The van der Waals surface area contributed by atoms with Gasteiger partial charge in [0.1, 0.15) is 0 Å². The molecule has 8 nitrogen and oxygen atoms in total. The Morgan fingerprint density at radius 3 is 2.60 bits per heavy atom. The third-order valence-corrected chi connectivity index (χ3v) is 5.98. The minimum Gasteiger partial charge on any atom is -0.478 e. The van der Waals surface area contributed by atoms with E-state index in [-0.39, 0.29) is 30.3 Å². The number of carboxylic acid groups (broad SMARTS) is 1. The maximum Gasteiger partial charge on any atom is 0.353 e. The van der Waals surface area contributed by atoms with Gasteiger partial charge in [-0.1, -0.05) is 24.3 Å². The van der Waals surface area contributed by atoms with Crippen molar-refractivity contribution >= 4 is 17.6 Å². The Labute approximate surface area is 171 Å². The molecule has 2 aromatic carbocycles. The van der Waals surface area contributed by atoms with E-state index in [0.29, 0.717) is 16.8 Å². The Kier molecular flexibility index (Phi) is 3.70. The van der Waals surface area contributed by atoms with Gasteiger partial charge in [0.25, 0.3) is 5.56 Å². The normalized spacial score (nSPS) is 19.3. The van der Waals surface area contributed by atoms with Crippen LogP contribution in [0.15, 0.2) is 47.3 Å². The largest absolute Gasteiger partial charge is 0.478 e. The standard InChI is InChI=1S/C22H18N4O4/c1-12-7-8-14(11-13(12)2)18-20(28)23-19-15-5-3-4-6-16(15)25-17(27)9-10-22(25,21(29)30)26(19)24-18/h3-8,11H,9-10H2,1-2H3,(H,29,30). The van der Waals surface area contributed by atoms with Crippen LogP contribution in [0.4, 0.5) is 5.69 Å². The summed E-state index contributed by atoms with van der Waals surface area (Å²) in [6.07, 6.45) is 0.0965. The van der Waals surface area contributed by atoms with Crippen molar-refractivity contribution in [1.29, 1.82) is 0 Å². The van der Waals surface area contributed by atoms with Gasteiger partial charge in [0, 0.05) is 24.0 Å². The van der Waals surface area contributed by atoms with Crippen molar-refractivity contribution in [3.05, 3.63) is 63.9 Å². The molecule has 1 unspecified atom stereocenters. The van der Waals surface area contributed by atoms with Gasteiger partial charge in [0.2, 0.25) is 11.6 Å². The van der Waals surface area contributed by atoms with E-state index in [1.54, 1.807) is 30.3 Å². The molecule has 1 amide bonds. The first-order valence-corrected chi connectivity index (χ1v) is 9.60. The zero-order chi connectivity index (χ0) is 21.2. The molecule has 1 saturated heterocycles. The number of nitrogens with zero attached hydrogens (tertiary/aromatic N) is 4. The second kappa shape index (κ2) is 6.09. The predicted octanol–water partition coefficient (Wildman–Crippen LogP) is 2.47. The maximum atomic E-state index is 12.9. The summed E-state index contributed by atoms with van der Waals surface area (Å²) in [5.41, 5.74) is 1.28. The lowest BCUT2D eigenvalue weighted by molar-refractivity contribution is -0.148. The number of aromatic nitrogens is 3. The molecule has 0 bridgehead atoms. The fraction of sp³-hybridized carbons (Fsp3) is 0.227. The van der Waals surface area contributed by atoms with E-state index in [9.17, 15) is 19.5 Å². The Balaban J connectivity index is 1.86. The molecule has 8 heteroatoms. The molecule has 30 heavy (non-hydrogen) atoms. The van der Waals surface area contributed by atoms with Crippen molar-refractivity contribution < 1.29 is 14.7 Å². The van der Waals surface area contributed by atoms with E-state index >= 15 is 0 Å². The van der Waals surface area contributed by atoms with Gasteiger partial charge in [-0.15, -0.1) is 0 Å². The number of fused-ring (bicyclic) bond motifs is 6. The predicted molar refractivity (Wildman–Crippen MR) is 109 cm³/mol. The molecular formula is C22H18N4O4. The van der Waals surface area contributed by atoms with Crippen LogP contribution >= 0.6 is 0 Å². The molecule has 5 rings (SSSR count). The van der Waals surface area contributed by atoms with Crippen LogP contribution in [0.5, 0.6) is 0 Å². The molecule has 2 aliphatic rings. The van der Waals surface area contributed by atoms with Gasteiger partial charge in [0.05, 0.1) is 5.69 Å². The Morgan fingerprint density at radius 2 is 1.87 bits per heavy atom.